The van der Waals surface area contributed by atoms with Crippen molar-refractivity contribution in [1.29, 1.82) is 0 Å². The molecule has 1 aliphatic rings. The molecular formula is C20H19N3O3. The van der Waals surface area contributed by atoms with Gasteiger partial charge in [0, 0.05) is 5.56 Å². The Bertz CT molecular complexity index is 858. The largest absolute Gasteiger partial charge is 0.467 e. The first kappa shape index (κ1) is 17.5. The lowest BCUT2D eigenvalue weighted by Gasteiger charge is -2.18. The maximum Gasteiger partial charge on any atom is 0.346 e. The summed E-state index contributed by atoms with van der Waals surface area (Å²) in [6.07, 6.45) is 5.09. The molecule has 3 rings (SSSR count). The minimum atomic E-state index is -0.705. The van der Waals surface area contributed by atoms with Crippen molar-refractivity contribution in [3.63, 3.8) is 0 Å². The first-order valence-electron chi connectivity index (χ1n) is 8.20. The van der Waals surface area contributed by atoms with Crippen LogP contribution in [0.15, 0.2) is 59.6 Å². The number of nitrogens with one attached hydrogen (secondary N) is 1. The van der Waals surface area contributed by atoms with Crippen molar-refractivity contribution in [2.45, 2.75) is 19.1 Å². The molecule has 0 aliphatic carbocycles. The molecule has 0 saturated carbocycles. The van der Waals surface area contributed by atoms with Crippen LogP contribution in [0.5, 0.6) is 0 Å². The van der Waals surface area contributed by atoms with Gasteiger partial charge in [0.2, 0.25) is 5.90 Å². The van der Waals surface area contributed by atoms with E-state index in [-0.39, 0.29) is 6.10 Å². The summed E-state index contributed by atoms with van der Waals surface area (Å²) in [5.41, 5.74) is 2.02. The van der Waals surface area contributed by atoms with Crippen molar-refractivity contribution in [1.82, 2.24) is 5.32 Å². The van der Waals surface area contributed by atoms with Gasteiger partial charge in [0.25, 0.3) is 0 Å². The number of rotatable bonds is 4. The second-order valence-electron chi connectivity index (χ2n) is 5.86. The van der Waals surface area contributed by atoms with E-state index in [9.17, 15) is 10.0 Å². The van der Waals surface area contributed by atoms with Crippen LogP contribution in [0.3, 0.4) is 0 Å². The molecule has 0 radical (unpaired) electrons. The highest BCUT2D eigenvalue weighted by molar-refractivity contribution is 5.97. The maximum absolute atomic E-state index is 12.0. The minimum absolute atomic E-state index is 0.139. The Morgan fingerprint density at radius 1 is 1.35 bits per heavy atom. The summed E-state index contributed by atoms with van der Waals surface area (Å²) in [5, 5.41) is 13.1. The number of anilines is 1. The average molecular weight is 349 g/mol. The van der Waals surface area contributed by atoms with Gasteiger partial charge in [-0.3, -0.25) is 5.21 Å². The van der Waals surface area contributed by atoms with Gasteiger partial charge < -0.3 is 10.1 Å². The number of ether oxygens (including phenoxy) is 1. The van der Waals surface area contributed by atoms with E-state index >= 15 is 0 Å². The molecule has 1 aliphatic heterocycles. The molecule has 2 amide bonds. The number of aliphatic imine (C=N–C) groups is 1. The molecule has 2 N–H and O–H groups in total. The van der Waals surface area contributed by atoms with Crippen LogP contribution < -0.4 is 10.4 Å². The van der Waals surface area contributed by atoms with Gasteiger partial charge in [-0.25, -0.2) is 9.79 Å². The third-order valence-corrected chi connectivity index (χ3v) is 3.95. The lowest BCUT2D eigenvalue weighted by atomic mass is 10.1. The quantitative estimate of drug-likeness (QED) is 0.506. The van der Waals surface area contributed by atoms with Crippen molar-refractivity contribution >= 4 is 17.6 Å². The number of amides is 2. The van der Waals surface area contributed by atoms with E-state index in [1.54, 1.807) is 25.1 Å². The lowest BCUT2D eigenvalue weighted by Crippen LogP contribution is -2.41. The molecule has 2 aromatic carbocycles. The van der Waals surface area contributed by atoms with E-state index in [0.29, 0.717) is 28.8 Å². The summed E-state index contributed by atoms with van der Waals surface area (Å²) in [4.78, 5) is 16.4. The summed E-state index contributed by atoms with van der Waals surface area (Å²) in [6.45, 7) is 2.17. The van der Waals surface area contributed by atoms with Gasteiger partial charge in [0.15, 0.2) is 0 Å². The van der Waals surface area contributed by atoms with Crippen molar-refractivity contribution in [3.8, 4) is 12.3 Å². The molecule has 26 heavy (non-hydrogen) atoms. The van der Waals surface area contributed by atoms with Gasteiger partial charge in [0.05, 0.1) is 18.3 Å². The molecule has 2 unspecified atom stereocenters. The van der Waals surface area contributed by atoms with Crippen molar-refractivity contribution < 1.29 is 14.7 Å². The molecule has 0 spiro atoms. The second kappa shape index (κ2) is 7.72. The van der Waals surface area contributed by atoms with Gasteiger partial charge >= 0.3 is 6.03 Å². The highest BCUT2D eigenvalue weighted by atomic mass is 16.5. The van der Waals surface area contributed by atoms with Crippen molar-refractivity contribution in [2.24, 2.45) is 4.99 Å². The highest BCUT2D eigenvalue weighted by Gasteiger charge is 2.23. The molecular weight excluding hydrogens is 330 g/mol. The van der Waals surface area contributed by atoms with E-state index in [1.165, 1.54) is 0 Å². The lowest BCUT2D eigenvalue weighted by molar-refractivity contribution is 0.203. The first-order valence-corrected chi connectivity index (χ1v) is 8.20. The number of hydrogen-bond acceptors (Lipinski definition) is 4. The highest BCUT2D eigenvalue weighted by Crippen LogP contribution is 2.26. The van der Waals surface area contributed by atoms with Gasteiger partial charge in [-0.05, 0) is 30.7 Å². The molecule has 2 atom stereocenters. The zero-order chi connectivity index (χ0) is 18.5. The van der Waals surface area contributed by atoms with Crippen LogP contribution in [-0.2, 0) is 4.74 Å². The van der Waals surface area contributed by atoms with E-state index < -0.39 is 12.1 Å². The zero-order valence-corrected chi connectivity index (χ0v) is 14.3. The minimum Gasteiger partial charge on any atom is -0.467 e. The topological polar surface area (TPSA) is 74.2 Å². The number of nitrogens with zero attached hydrogens (tertiary/aromatic N) is 2. The van der Waals surface area contributed by atoms with Crippen molar-refractivity contribution in [2.75, 3.05) is 11.6 Å². The standard InChI is InChI=1S/C20H19N3O3/c1-3-14(2)22-20(24)23(25)17-11-7-10-16(12-17)19-21-13-18(26-19)15-8-5-4-6-9-15/h1,4-12,14,18,25H,13H2,2H3,(H,22,24). The predicted molar refractivity (Wildman–Crippen MR) is 99.2 cm³/mol. The van der Waals surface area contributed by atoms with Crippen LogP contribution in [0, 0.1) is 12.3 Å². The summed E-state index contributed by atoms with van der Waals surface area (Å²) in [5.74, 6) is 2.85. The molecule has 6 heteroatoms. The Morgan fingerprint density at radius 3 is 2.85 bits per heavy atom. The van der Waals surface area contributed by atoms with Crippen LogP contribution >= 0.6 is 0 Å². The van der Waals surface area contributed by atoms with Gasteiger partial charge in [-0.15, -0.1) is 6.42 Å². The Balaban J connectivity index is 1.72. The average Bonchev–Trinajstić information content (AvgIpc) is 3.18. The van der Waals surface area contributed by atoms with Crippen LogP contribution in [0.4, 0.5) is 10.5 Å². The van der Waals surface area contributed by atoms with E-state index in [1.807, 2.05) is 36.4 Å². The number of terminal acetylenes is 1. The number of carbonyl (C=O) groups excluding carboxylic acids is 1. The van der Waals surface area contributed by atoms with Crippen molar-refractivity contribution in [3.05, 3.63) is 65.7 Å². The van der Waals surface area contributed by atoms with Crippen LogP contribution in [0.2, 0.25) is 0 Å². The number of hydrogen-bond donors (Lipinski definition) is 2. The van der Waals surface area contributed by atoms with Crippen LogP contribution in [-0.4, -0.2) is 29.7 Å². The fourth-order valence-electron chi connectivity index (χ4n) is 2.55. The summed E-state index contributed by atoms with van der Waals surface area (Å²) in [6, 6.07) is 15.4. The maximum atomic E-state index is 12.0. The second-order valence-corrected chi connectivity index (χ2v) is 5.86. The van der Waals surface area contributed by atoms with E-state index in [2.05, 4.69) is 16.2 Å². The van der Waals surface area contributed by atoms with E-state index in [0.717, 1.165) is 5.56 Å². The molecule has 0 bridgehead atoms. The molecule has 1 heterocycles. The zero-order valence-electron chi connectivity index (χ0n) is 14.3. The molecule has 0 aromatic heterocycles. The van der Waals surface area contributed by atoms with Gasteiger partial charge in [0.1, 0.15) is 6.10 Å². The number of benzene rings is 2. The third kappa shape index (κ3) is 3.85. The normalized spacial score (nSPS) is 16.8. The molecule has 6 nitrogen and oxygen atoms in total. The van der Waals surface area contributed by atoms with Gasteiger partial charge in [-0.2, -0.15) is 5.06 Å². The fourth-order valence-corrected chi connectivity index (χ4v) is 2.55. The summed E-state index contributed by atoms with van der Waals surface area (Å²) < 4.78 is 5.93. The Morgan fingerprint density at radius 2 is 2.12 bits per heavy atom. The monoisotopic (exact) mass is 349 g/mol. The molecule has 0 fully saturated rings. The smallest absolute Gasteiger partial charge is 0.346 e. The Labute approximate surface area is 152 Å². The van der Waals surface area contributed by atoms with E-state index in [4.69, 9.17) is 11.2 Å². The molecule has 132 valence electrons. The SMILES string of the molecule is C#CC(C)NC(=O)N(O)c1cccc(C2=NCC(c3ccccc3)O2)c1. The number of urea groups is 1. The number of hydroxylamine groups is 1. The molecule has 0 saturated heterocycles. The third-order valence-electron chi connectivity index (χ3n) is 3.95. The van der Waals surface area contributed by atoms with Crippen LogP contribution in [0.1, 0.15) is 24.2 Å². The first-order chi connectivity index (χ1) is 12.6. The summed E-state index contributed by atoms with van der Waals surface area (Å²) >= 11 is 0. The molecule has 2 aromatic rings. The Kier molecular flexibility index (Phi) is 5.20. The van der Waals surface area contributed by atoms with Crippen LogP contribution in [0.25, 0.3) is 0 Å². The number of carbonyl (C=O) groups is 1. The predicted octanol–water partition coefficient (Wildman–Crippen LogP) is 3.13. The fraction of sp³-hybridized carbons (Fsp3) is 0.200. The summed E-state index contributed by atoms with van der Waals surface area (Å²) in [7, 11) is 0. The van der Waals surface area contributed by atoms with Gasteiger partial charge in [-0.1, -0.05) is 42.3 Å². The Hall–Kier alpha value is -3.30.